The number of methoxy groups -OCH3 is 2. The quantitative estimate of drug-likeness (QED) is 0.246. The van der Waals surface area contributed by atoms with E-state index in [0.29, 0.717) is 0 Å². The third-order valence-corrected chi connectivity index (χ3v) is 7.69. The van der Waals surface area contributed by atoms with E-state index in [-0.39, 0.29) is 0 Å². The molecule has 4 aromatic carbocycles. The Kier molecular flexibility index (Phi) is 5.33. The van der Waals surface area contributed by atoms with Crippen molar-refractivity contribution in [3.63, 3.8) is 0 Å². The van der Waals surface area contributed by atoms with Crippen molar-refractivity contribution < 1.29 is 9.47 Å². The van der Waals surface area contributed by atoms with Gasteiger partial charge in [-0.2, -0.15) is 22.7 Å². The zero-order chi connectivity index (χ0) is 23.1. The van der Waals surface area contributed by atoms with E-state index in [1.54, 1.807) is 36.9 Å². The number of benzene rings is 4. The largest absolute Gasteiger partial charge is 0.495 e. The molecule has 2 heterocycles. The molecule has 0 unspecified atom stereocenters. The number of hydrogen-bond acceptors (Lipinski definition) is 4. The van der Waals surface area contributed by atoms with E-state index in [4.69, 9.17) is 9.47 Å². The van der Waals surface area contributed by atoms with Crippen LogP contribution in [-0.2, 0) is 0 Å². The first kappa shape index (κ1) is 21.0. The third-order valence-electron chi connectivity index (χ3n) is 6.33. The van der Waals surface area contributed by atoms with E-state index in [1.165, 1.54) is 10.8 Å². The van der Waals surface area contributed by atoms with E-state index in [1.807, 2.05) is 0 Å². The molecule has 4 heteroatoms. The van der Waals surface area contributed by atoms with Crippen LogP contribution >= 0.6 is 22.7 Å². The molecule has 0 bridgehead atoms. The van der Waals surface area contributed by atoms with Gasteiger partial charge in [-0.15, -0.1) is 0 Å². The Morgan fingerprint density at radius 3 is 1.38 bits per heavy atom. The fraction of sp³-hybridized carbons (Fsp3) is 0.0667. The first-order valence-corrected chi connectivity index (χ1v) is 12.9. The topological polar surface area (TPSA) is 18.5 Å². The second kappa shape index (κ2) is 8.64. The molecule has 0 fully saturated rings. The molecule has 6 aromatic rings. The van der Waals surface area contributed by atoms with Crippen LogP contribution in [0.1, 0.15) is 0 Å². The molecule has 2 nitrogen and oxygen atoms in total. The summed E-state index contributed by atoms with van der Waals surface area (Å²) in [4.78, 5) is 0. The molecular formula is C30H22O2S2. The maximum atomic E-state index is 6.19. The normalized spacial score (nSPS) is 11.2. The summed E-state index contributed by atoms with van der Waals surface area (Å²) < 4.78 is 12.4. The van der Waals surface area contributed by atoms with Crippen molar-refractivity contribution in [1.82, 2.24) is 0 Å². The summed E-state index contributed by atoms with van der Waals surface area (Å²) in [5.74, 6) is 1.73. The lowest BCUT2D eigenvalue weighted by Crippen LogP contribution is -1.98. The summed E-state index contributed by atoms with van der Waals surface area (Å²) in [5, 5.41) is 13.2. The number of fused-ring (bicyclic) bond motifs is 2. The highest BCUT2D eigenvalue weighted by Gasteiger charge is 2.24. The molecule has 0 spiro atoms. The monoisotopic (exact) mass is 478 g/mol. The lowest BCUT2D eigenvalue weighted by molar-refractivity contribution is 0.413. The fourth-order valence-corrected chi connectivity index (χ4v) is 6.15. The first-order valence-electron chi connectivity index (χ1n) is 11.0. The molecule has 166 valence electrons. The summed E-state index contributed by atoms with van der Waals surface area (Å²) in [6.45, 7) is 0. The molecule has 6 rings (SSSR count). The van der Waals surface area contributed by atoms with Gasteiger partial charge in [0, 0.05) is 22.3 Å². The lowest BCUT2D eigenvalue weighted by atomic mass is 9.87. The Hall–Kier alpha value is -3.60. The van der Waals surface area contributed by atoms with E-state index in [0.717, 1.165) is 55.7 Å². The standard InChI is InChI=1S/C30H22O2S2/c1-31-29-25(21-11-13-33-17-21)15-19-7-3-5-9-23(19)27(29)28-24-10-6-4-8-20(24)16-26(30(28)32-2)22-12-14-34-18-22/h3-18H,1-2H3. The van der Waals surface area contributed by atoms with Gasteiger partial charge in [-0.1, -0.05) is 48.5 Å². The van der Waals surface area contributed by atoms with E-state index < -0.39 is 0 Å². The minimum Gasteiger partial charge on any atom is -0.495 e. The van der Waals surface area contributed by atoms with Gasteiger partial charge in [0.1, 0.15) is 11.5 Å². The Labute approximate surface area is 206 Å². The van der Waals surface area contributed by atoms with Gasteiger partial charge < -0.3 is 9.47 Å². The summed E-state index contributed by atoms with van der Waals surface area (Å²) in [5.41, 5.74) is 6.62. The Morgan fingerprint density at radius 2 is 1.00 bits per heavy atom. The van der Waals surface area contributed by atoms with Gasteiger partial charge in [-0.3, -0.25) is 0 Å². The predicted molar refractivity (Wildman–Crippen MR) is 147 cm³/mol. The SMILES string of the molecule is COc1c(-c2ccsc2)cc2ccccc2c1-c1c(OC)c(-c2ccsc2)cc2ccccc12. The average Bonchev–Trinajstić information content (AvgIpc) is 3.61. The number of rotatable bonds is 5. The Bertz CT molecular complexity index is 1490. The molecule has 0 N–H and O–H groups in total. The van der Waals surface area contributed by atoms with Crippen molar-refractivity contribution in [3.8, 4) is 44.9 Å². The zero-order valence-corrected chi connectivity index (χ0v) is 20.5. The van der Waals surface area contributed by atoms with Gasteiger partial charge >= 0.3 is 0 Å². The van der Waals surface area contributed by atoms with Gasteiger partial charge in [-0.25, -0.2) is 0 Å². The minimum absolute atomic E-state index is 0.864. The van der Waals surface area contributed by atoms with Crippen molar-refractivity contribution in [2.75, 3.05) is 14.2 Å². The molecular weight excluding hydrogens is 456 g/mol. The highest BCUT2D eigenvalue weighted by molar-refractivity contribution is 7.08. The summed E-state index contributed by atoms with van der Waals surface area (Å²) >= 11 is 3.39. The maximum Gasteiger partial charge on any atom is 0.135 e. The average molecular weight is 479 g/mol. The highest BCUT2D eigenvalue weighted by Crippen LogP contribution is 2.52. The van der Waals surface area contributed by atoms with Crippen molar-refractivity contribution >= 4 is 44.2 Å². The predicted octanol–water partition coefficient (Wildman–Crippen LogP) is 9.13. The van der Waals surface area contributed by atoms with Gasteiger partial charge in [0.05, 0.1) is 14.2 Å². The highest BCUT2D eigenvalue weighted by atomic mass is 32.1. The molecule has 0 amide bonds. The van der Waals surface area contributed by atoms with Crippen LogP contribution in [0.15, 0.2) is 94.3 Å². The molecule has 0 saturated heterocycles. The lowest BCUT2D eigenvalue weighted by Gasteiger charge is -2.22. The molecule has 0 radical (unpaired) electrons. The zero-order valence-electron chi connectivity index (χ0n) is 18.9. The van der Waals surface area contributed by atoms with Crippen LogP contribution in [0.25, 0.3) is 54.9 Å². The summed E-state index contributed by atoms with van der Waals surface area (Å²) in [6.07, 6.45) is 0. The molecule has 0 atom stereocenters. The van der Waals surface area contributed by atoms with Crippen molar-refractivity contribution in [3.05, 3.63) is 94.3 Å². The molecule has 0 aliphatic carbocycles. The number of thiophene rings is 2. The van der Waals surface area contributed by atoms with Gasteiger partial charge in [-0.05, 0) is 78.5 Å². The van der Waals surface area contributed by atoms with E-state index >= 15 is 0 Å². The van der Waals surface area contributed by atoms with E-state index in [9.17, 15) is 0 Å². The molecule has 0 aliphatic rings. The first-order chi connectivity index (χ1) is 16.8. The van der Waals surface area contributed by atoms with Crippen molar-refractivity contribution in [2.24, 2.45) is 0 Å². The summed E-state index contributed by atoms with van der Waals surface area (Å²) in [6, 6.07) is 25.8. The molecule has 2 aromatic heterocycles. The van der Waals surface area contributed by atoms with Crippen molar-refractivity contribution in [1.29, 1.82) is 0 Å². The summed E-state index contributed by atoms with van der Waals surface area (Å²) in [7, 11) is 3.53. The Balaban J connectivity index is 1.83. The minimum atomic E-state index is 0.864. The van der Waals surface area contributed by atoms with Crippen LogP contribution in [0.3, 0.4) is 0 Å². The number of hydrogen-bond donors (Lipinski definition) is 0. The molecule has 0 saturated carbocycles. The maximum absolute atomic E-state index is 6.19. The second-order valence-corrected chi connectivity index (χ2v) is 9.69. The van der Waals surface area contributed by atoms with Gasteiger partial charge in [0.2, 0.25) is 0 Å². The van der Waals surface area contributed by atoms with E-state index in [2.05, 4.69) is 94.3 Å². The van der Waals surface area contributed by atoms with Crippen LogP contribution in [0.4, 0.5) is 0 Å². The van der Waals surface area contributed by atoms with Crippen LogP contribution in [-0.4, -0.2) is 14.2 Å². The van der Waals surface area contributed by atoms with Gasteiger partial charge in [0.15, 0.2) is 0 Å². The van der Waals surface area contributed by atoms with Gasteiger partial charge in [0.25, 0.3) is 0 Å². The smallest absolute Gasteiger partial charge is 0.135 e. The number of ether oxygens (including phenoxy) is 2. The molecule has 0 aliphatic heterocycles. The van der Waals surface area contributed by atoms with Crippen molar-refractivity contribution in [2.45, 2.75) is 0 Å². The van der Waals surface area contributed by atoms with Crippen LogP contribution in [0, 0.1) is 0 Å². The fourth-order valence-electron chi connectivity index (χ4n) is 4.84. The van der Waals surface area contributed by atoms with Crippen LogP contribution in [0.5, 0.6) is 11.5 Å². The molecule has 34 heavy (non-hydrogen) atoms. The van der Waals surface area contributed by atoms with Crippen LogP contribution < -0.4 is 9.47 Å². The Morgan fingerprint density at radius 1 is 0.559 bits per heavy atom. The third kappa shape index (κ3) is 3.30. The second-order valence-electron chi connectivity index (χ2n) is 8.13. The van der Waals surface area contributed by atoms with Crippen LogP contribution in [0.2, 0.25) is 0 Å².